The number of aromatic amines is 1. The third kappa shape index (κ3) is 2.95. The number of halogens is 1. The first-order chi connectivity index (χ1) is 9.93. The Morgan fingerprint density at radius 3 is 2.95 bits per heavy atom. The minimum Gasteiger partial charge on any atom is -0.361 e. The summed E-state index contributed by atoms with van der Waals surface area (Å²) in [5, 5.41) is 3.70. The molecule has 3 aromatic heterocycles. The Morgan fingerprint density at radius 1 is 1.43 bits per heavy atom. The molecule has 110 valence electrons. The van der Waals surface area contributed by atoms with Crippen LogP contribution in [-0.4, -0.2) is 33.5 Å². The molecule has 0 unspecified atom stereocenters. The van der Waals surface area contributed by atoms with Crippen molar-refractivity contribution >= 4 is 38.7 Å². The Labute approximate surface area is 123 Å². The molecule has 0 fully saturated rings. The normalized spacial score (nSPS) is 11.9. The molecular weight excluding hydrogens is 320 g/mol. The molecule has 0 amide bonds. The first-order valence-electron chi connectivity index (χ1n) is 5.72. The van der Waals surface area contributed by atoms with Crippen LogP contribution in [0.3, 0.4) is 0 Å². The van der Waals surface area contributed by atoms with Gasteiger partial charge in [-0.15, -0.1) is 0 Å². The first kappa shape index (κ1) is 13.8. The zero-order chi connectivity index (χ0) is 15.0. The third-order valence-corrected chi connectivity index (χ3v) is 3.95. The minimum absolute atomic E-state index is 0.0764. The van der Waals surface area contributed by atoms with Crippen LogP contribution in [0.5, 0.6) is 0 Å². The molecule has 0 radical (unpaired) electrons. The molecule has 3 rings (SSSR count). The second kappa shape index (κ2) is 4.97. The molecule has 0 aliphatic carbocycles. The number of anilines is 1. The van der Waals surface area contributed by atoms with Gasteiger partial charge in [-0.3, -0.25) is 4.72 Å². The highest BCUT2D eigenvalue weighted by Gasteiger charge is 2.17. The van der Waals surface area contributed by atoms with Crippen LogP contribution >= 0.6 is 11.6 Å². The van der Waals surface area contributed by atoms with E-state index in [1.54, 1.807) is 6.92 Å². The second-order valence-corrected chi connectivity index (χ2v) is 6.31. The predicted molar refractivity (Wildman–Crippen MR) is 74.2 cm³/mol. The first-order valence-corrected chi connectivity index (χ1v) is 7.75. The van der Waals surface area contributed by atoms with Gasteiger partial charge in [0.1, 0.15) is 22.7 Å². The van der Waals surface area contributed by atoms with Crippen LogP contribution in [0.25, 0.3) is 11.2 Å². The quantitative estimate of drug-likeness (QED) is 0.690. The van der Waals surface area contributed by atoms with Crippen LogP contribution in [0.4, 0.5) is 5.95 Å². The zero-order valence-electron chi connectivity index (χ0n) is 10.7. The molecule has 21 heavy (non-hydrogen) atoms. The van der Waals surface area contributed by atoms with Crippen molar-refractivity contribution in [2.75, 3.05) is 4.72 Å². The molecule has 0 aromatic carbocycles. The average molecular weight is 329 g/mol. The maximum absolute atomic E-state index is 12.0. The van der Waals surface area contributed by atoms with Crippen molar-refractivity contribution in [1.82, 2.24) is 25.1 Å². The van der Waals surface area contributed by atoms with E-state index in [0.717, 1.165) is 0 Å². The lowest BCUT2D eigenvalue weighted by atomic mass is 10.4. The van der Waals surface area contributed by atoms with Crippen LogP contribution in [0, 0.1) is 6.92 Å². The maximum atomic E-state index is 12.0. The number of hydrogen-bond donors (Lipinski definition) is 2. The lowest BCUT2D eigenvalue weighted by Crippen LogP contribution is -2.17. The summed E-state index contributed by atoms with van der Waals surface area (Å²) >= 11 is 5.91. The summed E-state index contributed by atoms with van der Waals surface area (Å²) < 4.78 is 31.1. The van der Waals surface area contributed by atoms with Crippen molar-refractivity contribution < 1.29 is 12.9 Å². The van der Waals surface area contributed by atoms with E-state index in [0.29, 0.717) is 11.3 Å². The molecule has 0 saturated carbocycles. The highest BCUT2D eigenvalue weighted by atomic mass is 35.5. The number of H-pyrrole nitrogens is 1. The van der Waals surface area contributed by atoms with Crippen molar-refractivity contribution in [1.29, 1.82) is 0 Å². The van der Waals surface area contributed by atoms with E-state index in [4.69, 9.17) is 16.1 Å². The summed E-state index contributed by atoms with van der Waals surface area (Å²) in [6, 6.07) is 1.53. The van der Waals surface area contributed by atoms with Gasteiger partial charge in [0.15, 0.2) is 10.8 Å². The molecular formula is C10H9ClN6O3S. The average Bonchev–Trinajstić information content (AvgIpc) is 2.97. The number of sulfonamides is 1. The van der Waals surface area contributed by atoms with Crippen molar-refractivity contribution in [3.8, 4) is 0 Å². The molecule has 2 N–H and O–H groups in total. The number of fused-ring (bicyclic) bond motifs is 1. The number of aromatic nitrogens is 5. The number of hydrogen-bond acceptors (Lipinski definition) is 7. The number of rotatable bonds is 4. The molecule has 3 aromatic rings. The minimum atomic E-state index is -3.74. The Kier molecular flexibility index (Phi) is 3.26. The van der Waals surface area contributed by atoms with E-state index in [1.807, 2.05) is 0 Å². The van der Waals surface area contributed by atoms with Crippen LogP contribution in [-0.2, 0) is 15.8 Å². The van der Waals surface area contributed by atoms with Gasteiger partial charge in [0.05, 0.1) is 6.33 Å². The van der Waals surface area contributed by atoms with Gasteiger partial charge in [0.25, 0.3) is 0 Å². The number of nitrogens with zero attached hydrogens (tertiary/aromatic N) is 4. The van der Waals surface area contributed by atoms with Crippen LogP contribution in [0.15, 0.2) is 16.9 Å². The van der Waals surface area contributed by atoms with E-state index in [-0.39, 0.29) is 28.2 Å². The van der Waals surface area contributed by atoms with Crippen molar-refractivity contribution in [2.45, 2.75) is 12.7 Å². The second-order valence-electron chi connectivity index (χ2n) is 4.23. The zero-order valence-corrected chi connectivity index (χ0v) is 12.2. The summed E-state index contributed by atoms with van der Waals surface area (Å²) in [4.78, 5) is 14.5. The number of aryl methyl sites for hydroxylation is 1. The topological polar surface area (TPSA) is 127 Å². The van der Waals surface area contributed by atoms with Gasteiger partial charge in [0.2, 0.25) is 16.0 Å². The summed E-state index contributed by atoms with van der Waals surface area (Å²) in [5.41, 5.74) is 0.990. The van der Waals surface area contributed by atoms with Gasteiger partial charge in [0, 0.05) is 6.07 Å². The van der Waals surface area contributed by atoms with Gasteiger partial charge in [-0.05, 0) is 6.92 Å². The summed E-state index contributed by atoms with van der Waals surface area (Å²) in [6.45, 7) is 1.67. The van der Waals surface area contributed by atoms with Gasteiger partial charge in [-0.1, -0.05) is 16.8 Å². The molecule has 0 atom stereocenters. The standard InChI is InChI=1S/C10H9ClN6O3S/c1-5-2-6(16-20-5)3-21(18,19)17-10-14-8(11)7-9(15-10)13-4-12-7/h2,4H,3H2,1H3,(H2,12,13,14,15,17). The summed E-state index contributed by atoms with van der Waals surface area (Å²) in [7, 11) is -3.74. The molecule has 0 bridgehead atoms. The monoisotopic (exact) mass is 328 g/mol. The molecule has 0 saturated heterocycles. The van der Waals surface area contributed by atoms with E-state index in [2.05, 4.69) is 29.8 Å². The Hall–Kier alpha value is -2.20. The molecule has 0 spiro atoms. The highest BCUT2D eigenvalue weighted by molar-refractivity contribution is 7.91. The van der Waals surface area contributed by atoms with Crippen molar-refractivity contribution in [3.63, 3.8) is 0 Å². The number of imidazole rings is 1. The maximum Gasteiger partial charge on any atom is 0.240 e. The molecule has 0 aliphatic rings. The van der Waals surface area contributed by atoms with Crippen molar-refractivity contribution in [3.05, 3.63) is 29.0 Å². The van der Waals surface area contributed by atoms with Gasteiger partial charge >= 0.3 is 0 Å². The van der Waals surface area contributed by atoms with Gasteiger partial charge in [-0.25, -0.2) is 13.4 Å². The predicted octanol–water partition coefficient (Wildman–Crippen LogP) is 1.24. The van der Waals surface area contributed by atoms with Gasteiger partial charge < -0.3 is 9.51 Å². The Bertz CT molecular complexity index is 903. The Balaban J connectivity index is 1.86. The Morgan fingerprint density at radius 2 is 2.24 bits per heavy atom. The fourth-order valence-corrected chi connectivity index (χ4v) is 2.89. The summed E-state index contributed by atoms with van der Waals surface area (Å²) in [5.74, 6) is 0.0152. The molecule has 0 aliphatic heterocycles. The summed E-state index contributed by atoms with van der Waals surface area (Å²) in [6.07, 6.45) is 1.39. The third-order valence-electron chi connectivity index (χ3n) is 2.50. The molecule has 11 heteroatoms. The van der Waals surface area contributed by atoms with Crippen LogP contribution < -0.4 is 4.72 Å². The van der Waals surface area contributed by atoms with Crippen molar-refractivity contribution in [2.24, 2.45) is 0 Å². The van der Waals surface area contributed by atoms with Crippen LogP contribution in [0.2, 0.25) is 5.15 Å². The highest BCUT2D eigenvalue weighted by Crippen LogP contribution is 2.19. The van der Waals surface area contributed by atoms with E-state index < -0.39 is 10.0 Å². The lowest BCUT2D eigenvalue weighted by Gasteiger charge is -2.05. The van der Waals surface area contributed by atoms with E-state index >= 15 is 0 Å². The number of nitrogens with one attached hydrogen (secondary N) is 2. The fraction of sp³-hybridized carbons (Fsp3) is 0.200. The lowest BCUT2D eigenvalue weighted by molar-refractivity contribution is 0.392. The smallest absolute Gasteiger partial charge is 0.240 e. The molecule has 3 heterocycles. The van der Waals surface area contributed by atoms with Crippen LogP contribution in [0.1, 0.15) is 11.5 Å². The fourth-order valence-electron chi connectivity index (χ4n) is 1.70. The largest absolute Gasteiger partial charge is 0.361 e. The van der Waals surface area contributed by atoms with Gasteiger partial charge in [-0.2, -0.15) is 9.97 Å². The van der Waals surface area contributed by atoms with E-state index in [1.165, 1.54) is 12.4 Å². The van der Waals surface area contributed by atoms with E-state index in [9.17, 15) is 8.42 Å². The SMILES string of the molecule is Cc1cc(CS(=O)(=O)Nc2nc(Cl)c3[nH]cnc3n2)no1. The molecule has 9 nitrogen and oxygen atoms in total.